The highest BCUT2D eigenvalue weighted by Gasteiger charge is 2.27. The van der Waals surface area contributed by atoms with Crippen LogP contribution >= 0.6 is 0 Å². The standard InChI is InChI=1S/C12H24N2O3/c1-8(2)13-11(16)14-10(12(4,5)6)7-17-9(3)15/h8,10H,7H2,1-6H3,(H2,13,14,16). The van der Waals surface area contributed by atoms with E-state index in [1.807, 2.05) is 34.6 Å². The number of ether oxygens (including phenoxy) is 1. The molecule has 2 amide bonds. The first kappa shape index (κ1) is 15.7. The molecule has 1 atom stereocenters. The smallest absolute Gasteiger partial charge is 0.315 e. The Morgan fingerprint density at radius 3 is 2.06 bits per heavy atom. The van der Waals surface area contributed by atoms with E-state index in [0.29, 0.717) is 0 Å². The molecule has 0 aliphatic heterocycles. The largest absolute Gasteiger partial charge is 0.464 e. The normalized spacial score (nSPS) is 13.1. The minimum atomic E-state index is -0.342. The third kappa shape index (κ3) is 7.60. The summed E-state index contributed by atoms with van der Waals surface area (Å²) in [7, 11) is 0. The minimum absolute atomic E-state index is 0.0735. The molecule has 0 saturated heterocycles. The molecule has 0 spiro atoms. The summed E-state index contributed by atoms with van der Waals surface area (Å²) in [6, 6.07) is -0.387. The SMILES string of the molecule is CC(=O)OCC(NC(=O)NC(C)C)C(C)(C)C. The summed E-state index contributed by atoms with van der Waals surface area (Å²) in [6.45, 7) is 11.3. The summed E-state index contributed by atoms with van der Waals surface area (Å²) in [5.74, 6) is -0.342. The van der Waals surface area contributed by atoms with Crippen LogP contribution < -0.4 is 10.6 Å². The predicted octanol–water partition coefficient (Wildman–Crippen LogP) is 1.67. The average Bonchev–Trinajstić information content (AvgIpc) is 2.08. The van der Waals surface area contributed by atoms with Gasteiger partial charge in [0.25, 0.3) is 0 Å². The highest BCUT2D eigenvalue weighted by atomic mass is 16.5. The van der Waals surface area contributed by atoms with Crippen molar-refractivity contribution in [3.63, 3.8) is 0 Å². The highest BCUT2D eigenvalue weighted by Crippen LogP contribution is 2.19. The molecule has 0 aliphatic rings. The van der Waals surface area contributed by atoms with Gasteiger partial charge < -0.3 is 15.4 Å². The molecule has 0 radical (unpaired) electrons. The molecule has 0 saturated carbocycles. The topological polar surface area (TPSA) is 67.4 Å². The first-order valence-electron chi connectivity index (χ1n) is 5.83. The Morgan fingerprint density at radius 2 is 1.71 bits per heavy atom. The summed E-state index contributed by atoms with van der Waals surface area (Å²) in [5.41, 5.74) is -0.177. The van der Waals surface area contributed by atoms with Gasteiger partial charge in [0.1, 0.15) is 6.61 Å². The van der Waals surface area contributed by atoms with E-state index in [1.165, 1.54) is 6.92 Å². The van der Waals surface area contributed by atoms with Crippen LogP contribution in [0.2, 0.25) is 0 Å². The quantitative estimate of drug-likeness (QED) is 0.739. The Balaban J connectivity index is 4.39. The van der Waals surface area contributed by atoms with Crippen LogP contribution in [0.15, 0.2) is 0 Å². The van der Waals surface area contributed by atoms with E-state index in [4.69, 9.17) is 4.74 Å². The van der Waals surface area contributed by atoms with E-state index in [1.54, 1.807) is 0 Å². The summed E-state index contributed by atoms with van der Waals surface area (Å²) in [5, 5.41) is 5.56. The van der Waals surface area contributed by atoms with Gasteiger partial charge >= 0.3 is 12.0 Å². The predicted molar refractivity (Wildman–Crippen MR) is 66.7 cm³/mol. The summed E-state index contributed by atoms with van der Waals surface area (Å²) in [4.78, 5) is 22.4. The van der Waals surface area contributed by atoms with Gasteiger partial charge in [0.05, 0.1) is 6.04 Å². The molecule has 5 heteroatoms. The second-order valence-corrected chi connectivity index (χ2v) is 5.49. The number of nitrogens with one attached hydrogen (secondary N) is 2. The fourth-order valence-electron chi connectivity index (χ4n) is 1.17. The molecule has 5 nitrogen and oxygen atoms in total. The van der Waals surface area contributed by atoms with Crippen molar-refractivity contribution in [2.45, 2.75) is 53.6 Å². The van der Waals surface area contributed by atoms with Gasteiger partial charge in [0, 0.05) is 13.0 Å². The fourth-order valence-corrected chi connectivity index (χ4v) is 1.17. The maximum atomic E-state index is 11.6. The van der Waals surface area contributed by atoms with E-state index in [9.17, 15) is 9.59 Å². The first-order chi connectivity index (χ1) is 7.62. The lowest BCUT2D eigenvalue weighted by Crippen LogP contribution is -2.51. The Hall–Kier alpha value is -1.26. The van der Waals surface area contributed by atoms with Crippen molar-refractivity contribution in [3.8, 4) is 0 Å². The molecule has 0 aromatic heterocycles. The molecule has 0 aromatic carbocycles. The van der Waals surface area contributed by atoms with E-state index in [-0.39, 0.29) is 36.1 Å². The van der Waals surface area contributed by atoms with Crippen molar-refractivity contribution >= 4 is 12.0 Å². The first-order valence-corrected chi connectivity index (χ1v) is 5.83. The molecule has 0 rings (SSSR count). The number of rotatable bonds is 4. The van der Waals surface area contributed by atoms with Crippen molar-refractivity contribution in [3.05, 3.63) is 0 Å². The lowest BCUT2D eigenvalue weighted by molar-refractivity contribution is -0.142. The second kappa shape index (κ2) is 6.47. The lowest BCUT2D eigenvalue weighted by atomic mass is 9.87. The highest BCUT2D eigenvalue weighted by molar-refractivity contribution is 5.74. The van der Waals surface area contributed by atoms with Crippen LogP contribution in [0.3, 0.4) is 0 Å². The van der Waals surface area contributed by atoms with Gasteiger partial charge in [-0.05, 0) is 19.3 Å². The van der Waals surface area contributed by atoms with Crippen LogP contribution in [0.5, 0.6) is 0 Å². The molecule has 0 bridgehead atoms. The number of carbonyl (C=O) groups is 2. The van der Waals surface area contributed by atoms with Gasteiger partial charge in [-0.3, -0.25) is 4.79 Å². The van der Waals surface area contributed by atoms with Crippen LogP contribution in [0, 0.1) is 5.41 Å². The molecule has 0 fully saturated rings. The van der Waals surface area contributed by atoms with Gasteiger partial charge in [-0.2, -0.15) is 0 Å². The third-order valence-corrected chi connectivity index (χ3v) is 2.22. The van der Waals surface area contributed by atoms with Gasteiger partial charge in [0.2, 0.25) is 0 Å². The molecular formula is C12H24N2O3. The van der Waals surface area contributed by atoms with Crippen molar-refractivity contribution < 1.29 is 14.3 Å². The van der Waals surface area contributed by atoms with Crippen molar-refractivity contribution in [1.82, 2.24) is 10.6 Å². The molecule has 0 aromatic rings. The zero-order valence-electron chi connectivity index (χ0n) is 11.6. The van der Waals surface area contributed by atoms with E-state index in [2.05, 4.69) is 10.6 Å². The van der Waals surface area contributed by atoms with Crippen LogP contribution in [0.1, 0.15) is 41.5 Å². The Bertz CT molecular complexity index is 269. The number of hydrogen-bond donors (Lipinski definition) is 2. The van der Waals surface area contributed by atoms with Crippen LogP contribution in [-0.4, -0.2) is 30.7 Å². The summed E-state index contributed by atoms with van der Waals surface area (Å²) >= 11 is 0. The zero-order chi connectivity index (χ0) is 13.6. The maximum absolute atomic E-state index is 11.6. The van der Waals surface area contributed by atoms with Gasteiger partial charge in [-0.1, -0.05) is 20.8 Å². The monoisotopic (exact) mass is 244 g/mol. The number of urea groups is 1. The zero-order valence-corrected chi connectivity index (χ0v) is 11.6. The molecule has 100 valence electrons. The van der Waals surface area contributed by atoms with Crippen molar-refractivity contribution in [1.29, 1.82) is 0 Å². The fraction of sp³-hybridized carbons (Fsp3) is 0.833. The second-order valence-electron chi connectivity index (χ2n) is 5.49. The van der Waals surface area contributed by atoms with E-state index < -0.39 is 0 Å². The maximum Gasteiger partial charge on any atom is 0.315 e. The number of esters is 1. The molecule has 17 heavy (non-hydrogen) atoms. The molecule has 0 aliphatic carbocycles. The van der Waals surface area contributed by atoms with E-state index in [0.717, 1.165) is 0 Å². The molecule has 0 heterocycles. The van der Waals surface area contributed by atoms with Gasteiger partial charge in [0.15, 0.2) is 0 Å². The molecule has 2 N–H and O–H groups in total. The number of carbonyl (C=O) groups excluding carboxylic acids is 2. The Kier molecular flexibility index (Phi) is 5.99. The van der Waals surface area contributed by atoms with Gasteiger partial charge in [-0.25, -0.2) is 4.79 Å². The summed E-state index contributed by atoms with van der Waals surface area (Å²) in [6.07, 6.45) is 0. The summed E-state index contributed by atoms with van der Waals surface area (Å²) < 4.78 is 4.95. The number of hydrogen-bond acceptors (Lipinski definition) is 3. The van der Waals surface area contributed by atoms with Crippen molar-refractivity contribution in [2.24, 2.45) is 5.41 Å². The average molecular weight is 244 g/mol. The Morgan fingerprint density at radius 1 is 1.18 bits per heavy atom. The molecule has 1 unspecified atom stereocenters. The third-order valence-electron chi connectivity index (χ3n) is 2.22. The molecular weight excluding hydrogens is 220 g/mol. The van der Waals surface area contributed by atoms with Gasteiger partial charge in [-0.15, -0.1) is 0 Å². The van der Waals surface area contributed by atoms with Crippen molar-refractivity contribution in [2.75, 3.05) is 6.61 Å². The lowest BCUT2D eigenvalue weighted by Gasteiger charge is -2.31. The Labute approximate surface area is 103 Å². The van der Waals surface area contributed by atoms with Crippen LogP contribution in [0.4, 0.5) is 4.79 Å². The minimum Gasteiger partial charge on any atom is -0.464 e. The van der Waals surface area contributed by atoms with Crippen LogP contribution in [0.25, 0.3) is 0 Å². The van der Waals surface area contributed by atoms with E-state index >= 15 is 0 Å². The number of amides is 2. The van der Waals surface area contributed by atoms with Crippen LogP contribution in [-0.2, 0) is 9.53 Å².